The van der Waals surface area contributed by atoms with Gasteiger partial charge in [-0.3, -0.25) is 4.79 Å². The number of halogens is 12. The zero-order valence-electron chi connectivity index (χ0n) is 16.1. The quantitative estimate of drug-likeness (QED) is 0.506. The van der Waals surface area contributed by atoms with Crippen LogP contribution in [0.3, 0.4) is 0 Å². The molecule has 0 aromatic rings. The summed E-state index contributed by atoms with van der Waals surface area (Å²) >= 11 is 0. The minimum atomic E-state index is -6.57. The summed E-state index contributed by atoms with van der Waals surface area (Å²) in [5.74, 6) is -0.929. The van der Waals surface area contributed by atoms with Gasteiger partial charge < -0.3 is 10.2 Å². The first-order valence-electron chi connectivity index (χ1n) is 8.40. The van der Waals surface area contributed by atoms with Gasteiger partial charge in [0.25, 0.3) is 11.2 Å². The molecule has 0 bridgehead atoms. The Morgan fingerprint density at radius 1 is 0.625 bits per heavy atom. The van der Waals surface area contributed by atoms with Crippen LogP contribution in [-0.4, -0.2) is 51.9 Å². The van der Waals surface area contributed by atoms with E-state index in [0.29, 0.717) is 24.3 Å². The molecule has 186 valence electrons. The van der Waals surface area contributed by atoms with E-state index in [0.717, 1.165) is 0 Å². The maximum absolute atomic E-state index is 12.9. The molecule has 3 nitrogen and oxygen atoms in total. The van der Waals surface area contributed by atoms with Gasteiger partial charge >= 0.3 is 24.7 Å². The maximum Gasteiger partial charge on any atom is 0.426 e. The molecule has 0 spiro atoms. The second-order valence-corrected chi connectivity index (χ2v) is 6.19. The van der Waals surface area contributed by atoms with E-state index in [4.69, 9.17) is 0 Å². The lowest BCUT2D eigenvalue weighted by atomic mass is 9.82. The fourth-order valence-corrected chi connectivity index (χ4v) is 2.30. The number of hydrogen-bond acceptors (Lipinski definition) is 3. The molecule has 1 rings (SSSR count). The maximum atomic E-state index is 12.9. The highest BCUT2D eigenvalue weighted by Crippen LogP contribution is 2.51. The molecule has 0 saturated carbocycles. The van der Waals surface area contributed by atoms with E-state index >= 15 is 0 Å². The molecule has 0 heterocycles. The molecule has 0 aliphatic heterocycles. The van der Waals surface area contributed by atoms with Crippen molar-refractivity contribution in [2.45, 2.75) is 62.6 Å². The molecule has 2 N–H and O–H groups in total. The molecule has 0 aromatic heterocycles. The number of hydrogen-bond donors (Lipinski definition) is 2. The van der Waals surface area contributed by atoms with Crippen LogP contribution < -0.4 is 0 Å². The van der Waals surface area contributed by atoms with Gasteiger partial charge in [0.1, 0.15) is 0 Å². The molecule has 0 radical (unpaired) electrons. The number of alkyl halides is 12. The van der Waals surface area contributed by atoms with Gasteiger partial charge in [0.15, 0.2) is 5.78 Å². The van der Waals surface area contributed by atoms with Crippen LogP contribution in [0.15, 0.2) is 35.5 Å². The number of carbonyl (C=O) groups is 1. The van der Waals surface area contributed by atoms with Crippen LogP contribution in [-0.2, 0) is 4.79 Å². The van der Waals surface area contributed by atoms with Gasteiger partial charge in [-0.25, -0.2) is 0 Å². The predicted octanol–water partition coefficient (Wildman–Crippen LogP) is 5.50. The summed E-state index contributed by atoms with van der Waals surface area (Å²) in [6.07, 6.45) is -30.3. The molecule has 0 saturated heterocycles. The Bertz CT molecular complexity index is 676. The fraction of sp³-hybridized carbons (Fsp3) is 0.588. The molecular weight excluding hydrogens is 480 g/mol. The molecule has 1 aliphatic rings. The highest BCUT2D eigenvalue weighted by Gasteiger charge is 2.73. The Kier molecular flexibility index (Phi) is 8.85. The van der Waals surface area contributed by atoms with Crippen LogP contribution in [0.2, 0.25) is 0 Å². The summed E-state index contributed by atoms with van der Waals surface area (Å²) in [6.45, 7) is 4.00. The molecule has 0 unspecified atom stereocenters. The minimum absolute atomic E-state index is 0.359. The van der Waals surface area contributed by atoms with Crippen LogP contribution in [0, 0.1) is 0 Å². The van der Waals surface area contributed by atoms with Crippen molar-refractivity contribution < 1.29 is 67.7 Å². The van der Waals surface area contributed by atoms with E-state index in [-0.39, 0.29) is 0 Å². The van der Waals surface area contributed by atoms with E-state index in [1.165, 1.54) is 0 Å². The summed E-state index contributed by atoms with van der Waals surface area (Å²) in [5, 5.41) is 18.4. The van der Waals surface area contributed by atoms with Gasteiger partial charge in [-0.15, -0.1) is 0 Å². The van der Waals surface area contributed by atoms with Crippen LogP contribution in [0.5, 0.6) is 0 Å². The third-order valence-corrected chi connectivity index (χ3v) is 4.08. The third-order valence-electron chi connectivity index (χ3n) is 4.08. The van der Waals surface area contributed by atoms with Crippen LogP contribution >= 0.6 is 0 Å². The van der Waals surface area contributed by atoms with Crippen molar-refractivity contribution in [2.24, 2.45) is 0 Å². The number of allylic oxidation sites excluding steroid dienone is 5. The first kappa shape index (κ1) is 30.0. The van der Waals surface area contributed by atoms with Crippen molar-refractivity contribution in [1.29, 1.82) is 0 Å². The summed E-state index contributed by atoms with van der Waals surface area (Å²) < 4.78 is 155. The Morgan fingerprint density at radius 3 is 1.09 bits per heavy atom. The molecule has 0 atom stereocenters. The molecule has 0 amide bonds. The van der Waals surface area contributed by atoms with E-state index in [1.807, 2.05) is 13.8 Å². The summed E-state index contributed by atoms with van der Waals surface area (Å²) in [6, 6.07) is 0. The summed E-state index contributed by atoms with van der Waals surface area (Å²) in [5.41, 5.74) is -14.5. The molecule has 32 heavy (non-hydrogen) atoms. The minimum Gasteiger partial charge on any atom is -0.373 e. The lowest BCUT2D eigenvalue weighted by Gasteiger charge is -2.37. The smallest absolute Gasteiger partial charge is 0.373 e. The first-order valence-corrected chi connectivity index (χ1v) is 8.40. The van der Waals surface area contributed by atoms with E-state index < -0.39 is 65.7 Å². The zero-order valence-corrected chi connectivity index (χ0v) is 16.1. The van der Waals surface area contributed by atoms with E-state index in [1.54, 1.807) is 0 Å². The number of rotatable bonds is 4. The van der Waals surface area contributed by atoms with Gasteiger partial charge in [0.2, 0.25) is 0 Å². The molecule has 15 heteroatoms. The normalized spacial score (nSPS) is 16.1. The van der Waals surface area contributed by atoms with Crippen molar-refractivity contribution >= 4 is 5.78 Å². The van der Waals surface area contributed by atoms with Gasteiger partial charge in [0.05, 0.1) is 0 Å². The predicted molar refractivity (Wildman–Crippen MR) is 85.0 cm³/mol. The number of carbonyl (C=O) groups excluding carboxylic acids is 1. The number of ketones is 1. The molecule has 0 aromatic carbocycles. The lowest BCUT2D eigenvalue weighted by molar-refractivity contribution is -0.373. The van der Waals surface area contributed by atoms with Crippen molar-refractivity contribution in [3.8, 4) is 0 Å². The van der Waals surface area contributed by atoms with Crippen molar-refractivity contribution in [1.82, 2.24) is 0 Å². The Hall–Kier alpha value is -2.03. The molecular formula is C17H16F12O3. The van der Waals surface area contributed by atoms with Gasteiger partial charge in [-0.1, -0.05) is 31.6 Å². The second-order valence-electron chi connectivity index (χ2n) is 6.19. The van der Waals surface area contributed by atoms with Crippen LogP contribution in [0.1, 0.15) is 26.7 Å². The second kappa shape index (κ2) is 9.45. The molecule has 0 fully saturated rings. The largest absolute Gasteiger partial charge is 0.426 e. The highest BCUT2D eigenvalue weighted by molar-refractivity contribution is 6.01. The van der Waals surface area contributed by atoms with E-state index in [2.05, 4.69) is 0 Å². The average molecular weight is 496 g/mol. The topological polar surface area (TPSA) is 57.5 Å². The van der Waals surface area contributed by atoms with Crippen molar-refractivity contribution in [2.75, 3.05) is 0 Å². The molecule has 1 aliphatic carbocycles. The Balaban J connectivity index is 0.00000466. The van der Waals surface area contributed by atoms with E-state index in [9.17, 15) is 67.7 Å². The average Bonchev–Trinajstić information content (AvgIpc) is 2.59. The lowest BCUT2D eigenvalue weighted by Crippen LogP contribution is -2.59. The number of aliphatic hydroxyl groups is 2. The Labute approximate surface area is 172 Å². The zero-order chi connectivity index (χ0) is 26.0. The van der Waals surface area contributed by atoms with Crippen molar-refractivity contribution in [3.05, 3.63) is 35.5 Å². The standard InChI is InChI=1S/C15H10F12O3.C2H6/c16-12(17,18)10(29,13(19,20)21)5-8(7-1-3-9(28)4-2-7)6-11(30,14(22,23)24)15(25,26)27;1-2/h1-4,29-30H,5-6H2;1-2H3. The van der Waals surface area contributed by atoms with Gasteiger partial charge in [-0.05, 0) is 17.7 Å². The van der Waals surface area contributed by atoms with Gasteiger partial charge in [-0.2, -0.15) is 52.7 Å². The third kappa shape index (κ3) is 6.05. The highest BCUT2D eigenvalue weighted by atomic mass is 19.4. The summed E-state index contributed by atoms with van der Waals surface area (Å²) in [7, 11) is 0. The fourth-order valence-electron chi connectivity index (χ4n) is 2.30. The van der Waals surface area contributed by atoms with Gasteiger partial charge in [0, 0.05) is 12.8 Å². The summed E-state index contributed by atoms with van der Waals surface area (Å²) in [4.78, 5) is 11.0. The monoisotopic (exact) mass is 496 g/mol. The van der Waals surface area contributed by atoms with Crippen LogP contribution in [0.4, 0.5) is 52.7 Å². The Morgan fingerprint density at radius 2 is 0.875 bits per heavy atom. The SMILES string of the molecule is CC.O=C1C=CC(=C(CC(O)(C(F)(F)F)C(F)(F)F)CC(O)(C(F)(F)F)C(F)(F)F)C=C1. The van der Waals surface area contributed by atoms with Crippen LogP contribution in [0.25, 0.3) is 0 Å². The van der Waals surface area contributed by atoms with Crippen molar-refractivity contribution in [3.63, 3.8) is 0 Å². The first-order chi connectivity index (χ1) is 14.1.